The molecular weight excluding hydrogens is 370 g/mol. The molecule has 0 aromatic carbocycles. The normalized spacial score (nSPS) is 30.9. The summed E-state index contributed by atoms with van der Waals surface area (Å²) in [4.78, 5) is 54.7. The number of rotatable bonds is 2. The third-order valence-electron chi connectivity index (χ3n) is 6.39. The number of nitrogens with one attached hydrogen (secondary N) is 1. The molecule has 2 heterocycles. The van der Waals surface area contributed by atoms with E-state index >= 15 is 0 Å². The van der Waals surface area contributed by atoms with Crippen LogP contribution in [-0.4, -0.2) is 64.5 Å². The van der Waals surface area contributed by atoms with Gasteiger partial charge in [-0.3, -0.25) is 19.2 Å². The number of nitrogens with zero attached hydrogens (tertiary/aromatic N) is 2. The van der Waals surface area contributed by atoms with Gasteiger partial charge in [0.1, 0.15) is 6.04 Å². The van der Waals surface area contributed by atoms with E-state index in [1.54, 1.807) is 22.9 Å². The van der Waals surface area contributed by atoms with Crippen molar-refractivity contribution < 1.29 is 19.2 Å². The van der Waals surface area contributed by atoms with Crippen molar-refractivity contribution in [2.24, 2.45) is 16.7 Å². The van der Waals surface area contributed by atoms with Crippen LogP contribution in [0.2, 0.25) is 0 Å². The molecule has 3 aliphatic rings. The van der Waals surface area contributed by atoms with Crippen molar-refractivity contribution >= 4 is 23.5 Å². The van der Waals surface area contributed by atoms with Crippen molar-refractivity contribution in [1.82, 2.24) is 15.1 Å². The van der Waals surface area contributed by atoms with Gasteiger partial charge in [0, 0.05) is 37.4 Å². The fourth-order valence-corrected chi connectivity index (χ4v) is 5.15. The Hall–Kier alpha value is -2.18. The Bertz CT molecular complexity index is 789. The van der Waals surface area contributed by atoms with Crippen LogP contribution in [0.4, 0.5) is 0 Å². The number of ketones is 1. The van der Waals surface area contributed by atoms with Crippen molar-refractivity contribution in [3.05, 3.63) is 12.2 Å². The predicted octanol–water partition coefficient (Wildman–Crippen LogP) is 1.52. The van der Waals surface area contributed by atoms with E-state index in [1.165, 1.54) is 0 Å². The van der Waals surface area contributed by atoms with Gasteiger partial charge in [0.15, 0.2) is 5.78 Å². The number of carbonyl (C=O) groups is 4. The first-order valence-electron chi connectivity index (χ1n) is 10.3. The summed E-state index contributed by atoms with van der Waals surface area (Å²) in [6, 6.07) is -1.02. The second kappa shape index (κ2) is 6.67. The summed E-state index contributed by atoms with van der Waals surface area (Å²) in [5.41, 5.74) is -1.54. The largest absolute Gasteiger partial charge is 0.350 e. The monoisotopic (exact) mass is 403 g/mol. The predicted molar refractivity (Wildman–Crippen MR) is 109 cm³/mol. The van der Waals surface area contributed by atoms with Crippen molar-refractivity contribution in [3.63, 3.8) is 0 Å². The molecule has 3 amide bonds. The molecule has 0 bridgehead atoms. The van der Waals surface area contributed by atoms with Crippen molar-refractivity contribution in [2.45, 2.75) is 72.0 Å². The van der Waals surface area contributed by atoms with Crippen LogP contribution in [0, 0.1) is 16.7 Å². The second-order valence-electron chi connectivity index (χ2n) is 10.9. The Morgan fingerprint density at radius 3 is 2.31 bits per heavy atom. The van der Waals surface area contributed by atoms with E-state index in [4.69, 9.17) is 0 Å². The summed E-state index contributed by atoms with van der Waals surface area (Å²) in [6.45, 7) is 11.9. The average Bonchev–Trinajstić information content (AvgIpc) is 2.80. The lowest BCUT2D eigenvalue weighted by molar-refractivity contribution is -0.149. The SMILES string of the molecule is CN1C(=O)C[C@H]2C(=O)N(C(C(=O)NC(C)(C)C)C(C)(C)C)C[C@@]23C=CC(=O)C[C@@H]13. The van der Waals surface area contributed by atoms with E-state index in [2.05, 4.69) is 5.32 Å². The molecule has 29 heavy (non-hydrogen) atoms. The van der Waals surface area contributed by atoms with E-state index in [1.807, 2.05) is 47.6 Å². The van der Waals surface area contributed by atoms with Crippen LogP contribution >= 0.6 is 0 Å². The number of carbonyl (C=O) groups excluding carboxylic acids is 4. The summed E-state index contributed by atoms with van der Waals surface area (Å²) in [5.74, 6) is -1.06. The number of amides is 3. The van der Waals surface area contributed by atoms with E-state index in [-0.39, 0.29) is 42.4 Å². The number of allylic oxidation sites excluding steroid dienone is 1. The minimum atomic E-state index is -0.665. The Labute approximate surface area is 172 Å². The molecule has 7 nitrogen and oxygen atoms in total. The molecular formula is C22H33N3O4. The maximum Gasteiger partial charge on any atom is 0.243 e. The zero-order valence-corrected chi connectivity index (χ0v) is 18.5. The highest BCUT2D eigenvalue weighted by Crippen LogP contribution is 2.52. The van der Waals surface area contributed by atoms with Crippen LogP contribution in [-0.2, 0) is 19.2 Å². The van der Waals surface area contributed by atoms with Gasteiger partial charge in [0.05, 0.1) is 12.0 Å². The summed E-state index contributed by atoms with van der Waals surface area (Å²) in [5, 5.41) is 3.02. The van der Waals surface area contributed by atoms with Crippen LogP contribution in [0.15, 0.2) is 12.2 Å². The Kier molecular flexibility index (Phi) is 4.95. The Balaban J connectivity index is 2.04. The average molecular weight is 404 g/mol. The molecule has 1 spiro atoms. The van der Waals surface area contributed by atoms with Crippen molar-refractivity contribution in [2.75, 3.05) is 13.6 Å². The quantitative estimate of drug-likeness (QED) is 0.757. The molecule has 0 radical (unpaired) electrons. The summed E-state index contributed by atoms with van der Waals surface area (Å²) in [6.07, 6.45) is 3.70. The van der Waals surface area contributed by atoms with E-state index in [0.717, 1.165) is 0 Å². The van der Waals surface area contributed by atoms with E-state index in [0.29, 0.717) is 6.54 Å². The fraction of sp³-hybridized carbons (Fsp3) is 0.727. The first kappa shape index (κ1) is 21.5. The van der Waals surface area contributed by atoms with Gasteiger partial charge in [-0.2, -0.15) is 0 Å². The molecule has 4 atom stereocenters. The number of piperidine rings is 1. The zero-order chi connectivity index (χ0) is 21.9. The van der Waals surface area contributed by atoms with Crippen LogP contribution in [0.1, 0.15) is 54.4 Å². The molecule has 2 saturated heterocycles. The van der Waals surface area contributed by atoms with Crippen molar-refractivity contribution in [1.29, 1.82) is 0 Å². The van der Waals surface area contributed by atoms with Gasteiger partial charge in [0.2, 0.25) is 17.7 Å². The summed E-state index contributed by atoms with van der Waals surface area (Å²) < 4.78 is 0. The topological polar surface area (TPSA) is 86.8 Å². The highest BCUT2D eigenvalue weighted by molar-refractivity contribution is 5.98. The van der Waals surface area contributed by atoms with Crippen LogP contribution in [0.3, 0.4) is 0 Å². The van der Waals surface area contributed by atoms with Gasteiger partial charge in [-0.15, -0.1) is 0 Å². The molecule has 7 heteroatoms. The second-order valence-corrected chi connectivity index (χ2v) is 10.9. The lowest BCUT2D eigenvalue weighted by atomic mass is 9.64. The molecule has 0 saturated carbocycles. The Morgan fingerprint density at radius 2 is 1.76 bits per heavy atom. The van der Waals surface area contributed by atoms with E-state index in [9.17, 15) is 19.2 Å². The first-order valence-corrected chi connectivity index (χ1v) is 10.3. The lowest BCUT2D eigenvalue weighted by Crippen LogP contribution is -2.59. The van der Waals surface area contributed by atoms with Crippen molar-refractivity contribution in [3.8, 4) is 0 Å². The molecule has 3 rings (SSSR count). The minimum absolute atomic E-state index is 0.0373. The standard InChI is InChI=1S/C22H33N3O4/c1-20(2,3)17(18(28)23-21(4,5)6)25-12-22-9-8-13(26)10-15(22)24(7)16(27)11-14(22)19(25)29/h8-9,14-15,17H,10-12H2,1-7H3,(H,23,28)/t14-,15+,17?,22-/m0/s1. The molecule has 1 aliphatic carbocycles. The number of hydrogen-bond donors (Lipinski definition) is 1. The minimum Gasteiger partial charge on any atom is -0.350 e. The summed E-state index contributed by atoms with van der Waals surface area (Å²) >= 11 is 0. The molecule has 1 N–H and O–H groups in total. The fourth-order valence-electron chi connectivity index (χ4n) is 5.15. The first-order chi connectivity index (χ1) is 13.2. The van der Waals surface area contributed by atoms with Gasteiger partial charge < -0.3 is 15.1 Å². The van der Waals surface area contributed by atoms with E-state index < -0.39 is 28.3 Å². The molecule has 0 aromatic heterocycles. The molecule has 1 unspecified atom stereocenters. The molecule has 2 fully saturated rings. The van der Waals surface area contributed by atoms with Gasteiger partial charge >= 0.3 is 0 Å². The number of likely N-dealkylation sites (tertiary alicyclic amines) is 2. The molecule has 0 aromatic rings. The smallest absolute Gasteiger partial charge is 0.243 e. The third-order valence-corrected chi connectivity index (χ3v) is 6.39. The third kappa shape index (κ3) is 3.60. The summed E-state index contributed by atoms with van der Waals surface area (Å²) in [7, 11) is 1.71. The van der Waals surface area contributed by atoms with Gasteiger partial charge in [-0.1, -0.05) is 26.8 Å². The lowest BCUT2D eigenvalue weighted by Gasteiger charge is -2.48. The van der Waals surface area contributed by atoms with Crippen LogP contribution < -0.4 is 5.32 Å². The maximum atomic E-state index is 13.5. The highest BCUT2D eigenvalue weighted by Gasteiger charge is 2.63. The maximum absolute atomic E-state index is 13.5. The van der Waals surface area contributed by atoms with Crippen LogP contribution in [0.25, 0.3) is 0 Å². The Morgan fingerprint density at radius 1 is 1.14 bits per heavy atom. The molecule has 2 aliphatic heterocycles. The van der Waals surface area contributed by atoms with Crippen LogP contribution in [0.5, 0.6) is 0 Å². The highest BCUT2D eigenvalue weighted by atomic mass is 16.2. The zero-order valence-electron chi connectivity index (χ0n) is 18.5. The van der Waals surface area contributed by atoms with Gasteiger partial charge in [-0.25, -0.2) is 0 Å². The van der Waals surface area contributed by atoms with Gasteiger partial charge in [0.25, 0.3) is 0 Å². The number of hydrogen-bond acceptors (Lipinski definition) is 4. The van der Waals surface area contributed by atoms with Gasteiger partial charge in [-0.05, 0) is 32.3 Å². The molecule has 160 valence electrons.